The van der Waals surface area contributed by atoms with Gasteiger partial charge in [0.2, 0.25) is 0 Å². The molecule has 1 unspecified atom stereocenters. The minimum Gasteiger partial charge on any atom is -0.357 e. The molecule has 4 nitrogen and oxygen atoms in total. The minimum absolute atomic E-state index is 0.0944. The number of rotatable bonds is 6. The van der Waals surface area contributed by atoms with Crippen molar-refractivity contribution in [3.8, 4) is 0 Å². The molecule has 0 aliphatic rings. The fourth-order valence-corrected chi connectivity index (χ4v) is 3.87. The normalized spacial score (nSPS) is 13.8. The summed E-state index contributed by atoms with van der Waals surface area (Å²) in [5.41, 5.74) is 2.61. The molecule has 132 valence electrons. The van der Waals surface area contributed by atoms with Gasteiger partial charge >= 0.3 is 0 Å². The summed E-state index contributed by atoms with van der Waals surface area (Å²) in [5, 5.41) is 14.3. The lowest BCUT2D eigenvalue weighted by atomic mass is 9.93. The molecule has 2 heterocycles. The summed E-state index contributed by atoms with van der Waals surface area (Å²) in [4.78, 5) is 9.38. The van der Waals surface area contributed by atoms with Gasteiger partial charge < -0.3 is 10.6 Å². The summed E-state index contributed by atoms with van der Waals surface area (Å²) in [6.07, 6.45) is 0. The standard InChI is InChI=1S/C18H28N4S2/c1-6-19-17(20-9-13(2)14-7-8-23-11-14)21-10-16-22-15(12-24-16)18(3,4)5/h7-8,11-13H,6,9-10H2,1-5H3,(H2,19,20,21). The van der Waals surface area contributed by atoms with Crippen LogP contribution in [-0.4, -0.2) is 24.0 Å². The number of aliphatic imine (C=N–C) groups is 1. The Morgan fingerprint density at radius 2 is 2.08 bits per heavy atom. The van der Waals surface area contributed by atoms with E-state index in [-0.39, 0.29) is 5.41 Å². The Balaban J connectivity index is 1.94. The van der Waals surface area contributed by atoms with E-state index in [0.717, 1.165) is 29.8 Å². The predicted octanol–water partition coefficient (Wildman–Crippen LogP) is 4.36. The number of hydrogen-bond donors (Lipinski definition) is 2. The molecule has 2 aromatic rings. The lowest BCUT2D eigenvalue weighted by Crippen LogP contribution is -2.39. The van der Waals surface area contributed by atoms with Crippen molar-refractivity contribution in [2.45, 2.75) is 52.5 Å². The number of aromatic nitrogens is 1. The topological polar surface area (TPSA) is 49.3 Å². The van der Waals surface area contributed by atoms with Crippen LogP contribution in [0.15, 0.2) is 27.2 Å². The van der Waals surface area contributed by atoms with E-state index in [1.807, 2.05) is 0 Å². The van der Waals surface area contributed by atoms with Crippen LogP contribution >= 0.6 is 22.7 Å². The first-order valence-corrected chi connectivity index (χ1v) is 10.2. The highest BCUT2D eigenvalue weighted by molar-refractivity contribution is 7.09. The zero-order chi connectivity index (χ0) is 17.6. The van der Waals surface area contributed by atoms with Crippen LogP contribution < -0.4 is 10.6 Å². The van der Waals surface area contributed by atoms with Crippen molar-refractivity contribution >= 4 is 28.6 Å². The van der Waals surface area contributed by atoms with Crippen molar-refractivity contribution in [1.82, 2.24) is 15.6 Å². The van der Waals surface area contributed by atoms with Crippen LogP contribution in [0.2, 0.25) is 0 Å². The Labute approximate surface area is 153 Å². The quantitative estimate of drug-likeness (QED) is 0.591. The molecule has 0 radical (unpaired) electrons. The largest absolute Gasteiger partial charge is 0.357 e. The molecule has 0 spiro atoms. The van der Waals surface area contributed by atoms with E-state index in [2.05, 4.69) is 72.5 Å². The van der Waals surface area contributed by atoms with E-state index in [1.165, 1.54) is 5.56 Å². The summed E-state index contributed by atoms with van der Waals surface area (Å²) in [6, 6.07) is 2.19. The fraction of sp³-hybridized carbons (Fsp3) is 0.556. The number of nitrogens with one attached hydrogen (secondary N) is 2. The number of thiazole rings is 1. The summed E-state index contributed by atoms with van der Waals surface area (Å²) in [5.74, 6) is 1.32. The van der Waals surface area contributed by atoms with E-state index < -0.39 is 0 Å². The third-order valence-electron chi connectivity index (χ3n) is 3.72. The third kappa shape index (κ3) is 5.60. The molecule has 2 rings (SSSR count). The predicted molar refractivity (Wildman–Crippen MR) is 106 cm³/mol. The summed E-state index contributed by atoms with van der Waals surface area (Å²) >= 11 is 3.43. The molecule has 0 aliphatic heterocycles. The summed E-state index contributed by atoms with van der Waals surface area (Å²) in [6.45, 7) is 13.2. The van der Waals surface area contributed by atoms with E-state index in [0.29, 0.717) is 12.5 Å². The molecule has 0 bridgehead atoms. The van der Waals surface area contributed by atoms with E-state index in [4.69, 9.17) is 4.98 Å². The van der Waals surface area contributed by atoms with Gasteiger partial charge in [-0.1, -0.05) is 27.7 Å². The highest BCUT2D eigenvalue weighted by atomic mass is 32.1. The van der Waals surface area contributed by atoms with Crippen molar-refractivity contribution in [2.75, 3.05) is 13.1 Å². The molecular formula is C18H28N4S2. The van der Waals surface area contributed by atoms with Gasteiger partial charge in [-0.25, -0.2) is 9.98 Å². The first kappa shape index (κ1) is 18.9. The van der Waals surface area contributed by atoms with Crippen molar-refractivity contribution < 1.29 is 0 Å². The molecule has 0 saturated carbocycles. The number of thiophene rings is 1. The van der Waals surface area contributed by atoms with Crippen LogP contribution in [0.5, 0.6) is 0 Å². The van der Waals surface area contributed by atoms with Gasteiger partial charge in [-0.3, -0.25) is 0 Å². The molecule has 0 amide bonds. The maximum atomic E-state index is 4.71. The highest BCUT2D eigenvalue weighted by Gasteiger charge is 2.17. The lowest BCUT2D eigenvalue weighted by Gasteiger charge is -2.15. The molecule has 2 N–H and O–H groups in total. The van der Waals surface area contributed by atoms with Gasteiger partial charge in [0, 0.05) is 23.9 Å². The van der Waals surface area contributed by atoms with Gasteiger partial charge in [0.1, 0.15) is 5.01 Å². The first-order chi connectivity index (χ1) is 11.4. The molecular weight excluding hydrogens is 336 g/mol. The smallest absolute Gasteiger partial charge is 0.191 e. The Hall–Kier alpha value is -1.40. The molecule has 0 aromatic carbocycles. The Kier molecular flexibility index (Phi) is 6.80. The number of hydrogen-bond acceptors (Lipinski definition) is 4. The van der Waals surface area contributed by atoms with Gasteiger partial charge in [-0.05, 0) is 35.2 Å². The van der Waals surface area contributed by atoms with Crippen LogP contribution in [-0.2, 0) is 12.0 Å². The van der Waals surface area contributed by atoms with Gasteiger partial charge in [-0.15, -0.1) is 11.3 Å². The third-order valence-corrected chi connectivity index (χ3v) is 5.26. The summed E-state index contributed by atoms with van der Waals surface area (Å²) < 4.78 is 0. The zero-order valence-electron chi connectivity index (χ0n) is 15.2. The molecule has 0 aliphatic carbocycles. The highest BCUT2D eigenvalue weighted by Crippen LogP contribution is 2.24. The number of guanidine groups is 1. The van der Waals surface area contributed by atoms with Crippen LogP contribution in [0.1, 0.15) is 56.8 Å². The van der Waals surface area contributed by atoms with Crippen molar-refractivity contribution in [3.63, 3.8) is 0 Å². The Bertz CT molecular complexity index is 638. The Morgan fingerprint density at radius 1 is 1.29 bits per heavy atom. The van der Waals surface area contributed by atoms with Crippen LogP contribution in [0.25, 0.3) is 0 Å². The van der Waals surface area contributed by atoms with Gasteiger partial charge in [0.15, 0.2) is 5.96 Å². The van der Waals surface area contributed by atoms with Gasteiger partial charge in [-0.2, -0.15) is 11.3 Å². The van der Waals surface area contributed by atoms with Crippen molar-refractivity contribution in [1.29, 1.82) is 0 Å². The second-order valence-electron chi connectivity index (χ2n) is 6.91. The van der Waals surface area contributed by atoms with Crippen LogP contribution in [0.3, 0.4) is 0 Å². The molecule has 1 atom stereocenters. The number of nitrogens with zero attached hydrogens (tertiary/aromatic N) is 2. The van der Waals surface area contributed by atoms with Crippen molar-refractivity contribution in [2.24, 2.45) is 4.99 Å². The fourth-order valence-electron chi connectivity index (χ4n) is 2.14. The lowest BCUT2D eigenvalue weighted by molar-refractivity contribution is 0.571. The monoisotopic (exact) mass is 364 g/mol. The van der Waals surface area contributed by atoms with Crippen molar-refractivity contribution in [3.05, 3.63) is 38.5 Å². The average Bonchev–Trinajstić information content (AvgIpc) is 3.20. The minimum atomic E-state index is 0.0944. The first-order valence-electron chi connectivity index (χ1n) is 8.39. The molecule has 24 heavy (non-hydrogen) atoms. The average molecular weight is 365 g/mol. The zero-order valence-corrected chi connectivity index (χ0v) is 16.9. The maximum absolute atomic E-state index is 4.71. The maximum Gasteiger partial charge on any atom is 0.191 e. The van der Waals surface area contributed by atoms with Gasteiger partial charge in [0.25, 0.3) is 0 Å². The second-order valence-corrected chi connectivity index (χ2v) is 8.63. The molecule has 6 heteroatoms. The summed E-state index contributed by atoms with van der Waals surface area (Å²) in [7, 11) is 0. The van der Waals surface area contributed by atoms with Gasteiger partial charge in [0.05, 0.1) is 12.2 Å². The molecule has 0 saturated heterocycles. The second kappa shape index (κ2) is 8.62. The van der Waals surface area contributed by atoms with E-state index >= 15 is 0 Å². The van der Waals surface area contributed by atoms with E-state index in [9.17, 15) is 0 Å². The molecule has 2 aromatic heterocycles. The Morgan fingerprint density at radius 3 is 2.67 bits per heavy atom. The van der Waals surface area contributed by atoms with Crippen LogP contribution in [0.4, 0.5) is 0 Å². The molecule has 0 fully saturated rings. The van der Waals surface area contributed by atoms with Crippen LogP contribution in [0, 0.1) is 0 Å². The van der Waals surface area contributed by atoms with E-state index in [1.54, 1.807) is 22.7 Å². The SMILES string of the molecule is CCNC(=NCc1nc(C(C)(C)C)cs1)NCC(C)c1ccsc1.